The van der Waals surface area contributed by atoms with E-state index in [0.29, 0.717) is 5.82 Å². The van der Waals surface area contributed by atoms with Crippen LogP contribution in [0.15, 0.2) is 23.1 Å². The largest absolute Gasteiger partial charge is 0.335 e. The average Bonchev–Trinajstić information content (AvgIpc) is 2.46. The second kappa shape index (κ2) is 2.88. The Labute approximate surface area is 80.6 Å². The molecule has 1 heterocycles. The van der Waals surface area contributed by atoms with Gasteiger partial charge in [-0.25, -0.2) is 4.98 Å². The number of nitrogens with one attached hydrogen (secondary N) is 1. The standard InChI is InChI=1S/C9H8N2OS/c1-5(12)9-10-7-3-2-6(13)4-8(7)11-9/h2-4,13H,1H3,(H,10,11). The van der Waals surface area contributed by atoms with Crippen LogP contribution >= 0.6 is 12.6 Å². The number of thiol groups is 1. The summed E-state index contributed by atoms with van der Waals surface area (Å²) in [6.45, 7) is 1.49. The first-order chi connectivity index (χ1) is 6.16. The molecule has 0 fully saturated rings. The van der Waals surface area contributed by atoms with E-state index in [2.05, 4.69) is 22.6 Å². The Morgan fingerprint density at radius 2 is 2.31 bits per heavy atom. The molecule has 13 heavy (non-hydrogen) atoms. The molecule has 0 saturated carbocycles. The smallest absolute Gasteiger partial charge is 0.195 e. The Kier molecular flexibility index (Phi) is 1.84. The minimum atomic E-state index is -0.0584. The molecule has 0 bridgehead atoms. The number of ketones is 1. The third kappa shape index (κ3) is 1.45. The van der Waals surface area contributed by atoms with Crippen molar-refractivity contribution in [1.82, 2.24) is 9.97 Å². The van der Waals surface area contributed by atoms with Crippen LogP contribution in [-0.4, -0.2) is 15.8 Å². The van der Waals surface area contributed by atoms with Gasteiger partial charge in [-0.05, 0) is 18.2 Å². The molecule has 0 aliphatic heterocycles. The highest BCUT2D eigenvalue weighted by Gasteiger charge is 2.05. The van der Waals surface area contributed by atoms with Gasteiger partial charge in [0.25, 0.3) is 0 Å². The third-order valence-corrected chi connectivity index (χ3v) is 2.08. The Morgan fingerprint density at radius 3 is 3.00 bits per heavy atom. The van der Waals surface area contributed by atoms with E-state index in [9.17, 15) is 4.79 Å². The van der Waals surface area contributed by atoms with E-state index < -0.39 is 0 Å². The van der Waals surface area contributed by atoms with Gasteiger partial charge in [-0.1, -0.05) is 0 Å². The SMILES string of the molecule is CC(=O)c1nc2ccc(S)cc2[nH]1. The molecular formula is C9H8N2OS. The van der Waals surface area contributed by atoms with Gasteiger partial charge in [0.1, 0.15) is 0 Å². The predicted molar refractivity (Wildman–Crippen MR) is 53.4 cm³/mol. The van der Waals surface area contributed by atoms with Crippen molar-refractivity contribution in [3.8, 4) is 0 Å². The lowest BCUT2D eigenvalue weighted by Crippen LogP contribution is -1.93. The number of nitrogens with zero attached hydrogens (tertiary/aromatic N) is 1. The van der Waals surface area contributed by atoms with Crippen molar-refractivity contribution >= 4 is 29.4 Å². The molecule has 0 amide bonds. The summed E-state index contributed by atoms with van der Waals surface area (Å²) in [4.78, 5) is 18.9. The number of benzene rings is 1. The van der Waals surface area contributed by atoms with Crippen molar-refractivity contribution in [1.29, 1.82) is 0 Å². The molecule has 1 N–H and O–H groups in total. The fourth-order valence-electron chi connectivity index (χ4n) is 1.16. The molecule has 66 valence electrons. The van der Waals surface area contributed by atoms with Gasteiger partial charge in [-0.2, -0.15) is 0 Å². The van der Waals surface area contributed by atoms with E-state index in [1.807, 2.05) is 18.2 Å². The van der Waals surface area contributed by atoms with Crippen LogP contribution in [0, 0.1) is 0 Å². The molecule has 0 aliphatic rings. The van der Waals surface area contributed by atoms with Crippen LogP contribution in [0.3, 0.4) is 0 Å². The minimum absolute atomic E-state index is 0.0584. The molecule has 4 heteroatoms. The molecule has 0 saturated heterocycles. The maximum absolute atomic E-state index is 11.0. The van der Waals surface area contributed by atoms with Crippen LogP contribution < -0.4 is 0 Å². The van der Waals surface area contributed by atoms with Gasteiger partial charge >= 0.3 is 0 Å². The zero-order valence-corrected chi connectivity index (χ0v) is 7.93. The summed E-state index contributed by atoms with van der Waals surface area (Å²) in [7, 11) is 0. The van der Waals surface area contributed by atoms with Gasteiger partial charge in [0.2, 0.25) is 0 Å². The summed E-state index contributed by atoms with van der Waals surface area (Å²) in [5.41, 5.74) is 1.64. The topological polar surface area (TPSA) is 45.8 Å². The number of hydrogen-bond donors (Lipinski definition) is 2. The zero-order valence-electron chi connectivity index (χ0n) is 7.03. The number of hydrogen-bond acceptors (Lipinski definition) is 3. The van der Waals surface area contributed by atoms with E-state index in [1.54, 1.807) is 0 Å². The zero-order chi connectivity index (χ0) is 9.42. The first-order valence-corrected chi connectivity index (χ1v) is 4.31. The number of rotatable bonds is 1. The maximum atomic E-state index is 11.0. The number of carbonyl (C=O) groups is 1. The summed E-state index contributed by atoms with van der Waals surface area (Å²) in [5.74, 6) is 0.339. The average molecular weight is 192 g/mol. The predicted octanol–water partition coefficient (Wildman–Crippen LogP) is 2.05. The number of H-pyrrole nitrogens is 1. The van der Waals surface area contributed by atoms with Crippen molar-refractivity contribution in [2.45, 2.75) is 11.8 Å². The number of fused-ring (bicyclic) bond motifs is 1. The highest BCUT2D eigenvalue weighted by atomic mass is 32.1. The Balaban J connectivity index is 2.68. The van der Waals surface area contributed by atoms with Gasteiger partial charge in [0.15, 0.2) is 11.6 Å². The number of carbonyl (C=O) groups excluding carboxylic acids is 1. The van der Waals surface area contributed by atoms with Gasteiger partial charge in [0, 0.05) is 11.8 Å². The first kappa shape index (κ1) is 8.31. The molecule has 3 nitrogen and oxygen atoms in total. The highest BCUT2D eigenvalue weighted by Crippen LogP contribution is 2.15. The summed E-state index contributed by atoms with van der Waals surface area (Å²) >= 11 is 4.19. The van der Waals surface area contributed by atoms with Crippen LogP contribution in [-0.2, 0) is 0 Å². The van der Waals surface area contributed by atoms with E-state index in [1.165, 1.54) is 6.92 Å². The van der Waals surface area contributed by atoms with Gasteiger partial charge in [-0.3, -0.25) is 4.79 Å². The molecular weight excluding hydrogens is 184 g/mol. The molecule has 0 aliphatic carbocycles. The number of aromatic amines is 1. The number of imidazole rings is 1. The van der Waals surface area contributed by atoms with Crippen molar-refractivity contribution in [2.24, 2.45) is 0 Å². The Morgan fingerprint density at radius 1 is 1.54 bits per heavy atom. The molecule has 0 spiro atoms. The van der Waals surface area contributed by atoms with Crippen LogP contribution in [0.2, 0.25) is 0 Å². The van der Waals surface area contributed by atoms with Gasteiger partial charge < -0.3 is 4.98 Å². The summed E-state index contributed by atoms with van der Waals surface area (Å²) in [6, 6.07) is 5.52. The quantitative estimate of drug-likeness (QED) is 0.536. The van der Waals surface area contributed by atoms with Crippen LogP contribution in [0.4, 0.5) is 0 Å². The molecule has 2 aromatic rings. The van der Waals surface area contributed by atoms with E-state index in [-0.39, 0.29) is 5.78 Å². The van der Waals surface area contributed by atoms with Gasteiger partial charge in [-0.15, -0.1) is 12.6 Å². The minimum Gasteiger partial charge on any atom is -0.335 e. The molecule has 2 rings (SSSR count). The van der Waals surface area contributed by atoms with Crippen molar-refractivity contribution in [3.05, 3.63) is 24.0 Å². The second-order valence-electron chi connectivity index (χ2n) is 2.84. The van der Waals surface area contributed by atoms with E-state index in [0.717, 1.165) is 15.9 Å². The monoisotopic (exact) mass is 192 g/mol. The molecule has 1 aromatic heterocycles. The highest BCUT2D eigenvalue weighted by molar-refractivity contribution is 7.80. The lowest BCUT2D eigenvalue weighted by molar-refractivity contribution is 0.100. The third-order valence-electron chi connectivity index (χ3n) is 1.80. The maximum Gasteiger partial charge on any atom is 0.195 e. The number of aromatic nitrogens is 2. The van der Waals surface area contributed by atoms with Crippen LogP contribution in [0.25, 0.3) is 11.0 Å². The lowest BCUT2D eigenvalue weighted by Gasteiger charge is -1.88. The lowest BCUT2D eigenvalue weighted by atomic mass is 10.3. The van der Waals surface area contributed by atoms with Crippen LogP contribution in [0.1, 0.15) is 17.5 Å². The molecule has 0 unspecified atom stereocenters. The normalized spacial score (nSPS) is 10.6. The van der Waals surface area contributed by atoms with E-state index >= 15 is 0 Å². The van der Waals surface area contributed by atoms with Crippen molar-refractivity contribution < 1.29 is 4.79 Å². The van der Waals surface area contributed by atoms with Gasteiger partial charge in [0.05, 0.1) is 11.0 Å². The number of Topliss-reactive ketones (excluding diaryl/α,β-unsaturated/α-hetero) is 1. The second-order valence-corrected chi connectivity index (χ2v) is 3.36. The van der Waals surface area contributed by atoms with Crippen LogP contribution in [0.5, 0.6) is 0 Å². The van der Waals surface area contributed by atoms with Crippen molar-refractivity contribution in [3.63, 3.8) is 0 Å². The fourth-order valence-corrected chi connectivity index (χ4v) is 1.37. The molecule has 1 aromatic carbocycles. The van der Waals surface area contributed by atoms with E-state index in [4.69, 9.17) is 0 Å². The molecule has 0 atom stereocenters. The Bertz CT molecular complexity index is 475. The van der Waals surface area contributed by atoms with Crippen molar-refractivity contribution in [2.75, 3.05) is 0 Å². The summed E-state index contributed by atoms with van der Waals surface area (Å²) in [6.07, 6.45) is 0. The summed E-state index contributed by atoms with van der Waals surface area (Å²) < 4.78 is 0. The molecule has 0 radical (unpaired) electrons. The summed E-state index contributed by atoms with van der Waals surface area (Å²) in [5, 5.41) is 0. The Hall–Kier alpha value is -1.29. The first-order valence-electron chi connectivity index (χ1n) is 3.86. The fraction of sp³-hybridized carbons (Fsp3) is 0.111.